The van der Waals surface area contributed by atoms with Gasteiger partial charge in [0, 0.05) is 16.7 Å². The number of rotatable bonds is 3. The maximum absolute atomic E-state index is 6.75. The molecule has 4 aromatic carbocycles. The third-order valence-corrected chi connectivity index (χ3v) is 5.41. The van der Waals surface area contributed by atoms with Gasteiger partial charge in [-0.3, -0.25) is 0 Å². The van der Waals surface area contributed by atoms with Crippen LogP contribution in [0.1, 0.15) is 16.7 Å². The number of fused-ring (bicyclic) bond motifs is 3. The van der Waals surface area contributed by atoms with E-state index in [1.807, 2.05) is 30.3 Å². The van der Waals surface area contributed by atoms with Gasteiger partial charge in [-0.1, -0.05) is 72.8 Å². The molecule has 0 saturated heterocycles. The van der Waals surface area contributed by atoms with Gasteiger partial charge in [0.15, 0.2) is 5.60 Å². The normalized spacial score (nSPS) is 17.8. The van der Waals surface area contributed by atoms with Crippen molar-refractivity contribution in [2.45, 2.75) is 5.60 Å². The van der Waals surface area contributed by atoms with E-state index in [0.717, 1.165) is 28.2 Å². The average Bonchev–Trinajstić information content (AvgIpc) is 2.79. The topological polar surface area (TPSA) is 18.5 Å². The van der Waals surface area contributed by atoms with Crippen molar-refractivity contribution < 1.29 is 9.47 Å². The van der Waals surface area contributed by atoms with E-state index in [1.54, 1.807) is 7.11 Å². The maximum atomic E-state index is 6.75. The van der Waals surface area contributed by atoms with Gasteiger partial charge >= 0.3 is 0 Å². The summed E-state index contributed by atoms with van der Waals surface area (Å²) in [6.45, 7) is 0. The molecule has 2 nitrogen and oxygen atoms in total. The third kappa shape index (κ3) is 2.57. The van der Waals surface area contributed by atoms with E-state index < -0.39 is 5.60 Å². The molecule has 0 aliphatic carbocycles. The Kier molecular flexibility index (Phi) is 3.91. The molecule has 1 heterocycles. The second-order valence-electron chi connectivity index (χ2n) is 6.96. The minimum Gasteiger partial charge on any atom is -0.497 e. The van der Waals surface area contributed by atoms with Crippen LogP contribution in [0.5, 0.6) is 11.5 Å². The Balaban J connectivity index is 1.71. The standard InChI is InChI=1S/C26H20O2/c1-27-22-14-12-21(13-15-22)26(20-8-3-2-4-9-20)18-17-24-23-10-6-5-7-19(23)11-16-25(24)28-26/h2-18H,1H3/t26-/m1/s1. The molecule has 0 fully saturated rings. The fourth-order valence-corrected chi connectivity index (χ4v) is 3.95. The van der Waals surface area contributed by atoms with Gasteiger partial charge in [0.05, 0.1) is 7.11 Å². The van der Waals surface area contributed by atoms with Gasteiger partial charge in [0.1, 0.15) is 11.5 Å². The molecule has 136 valence electrons. The molecule has 0 spiro atoms. The highest BCUT2D eigenvalue weighted by molar-refractivity contribution is 5.94. The van der Waals surface area contributed by atoms with E-state index in [0.29, 0.717) is 0 Å². The first-order valence-electron chi connectivity index (χ1n) is 9.40. The molecular formula is C26H20O2. The molecule has 0 aromatic heterocycles. The van der Waals surface area contributed by atoms with Crippen molar-refractivity contribution in [1.82, 2.24) is 0 Å². The fourth-order valence-electron chi connectivity index (χ4n) is 3.95. The quantitative estimate of drug-likeness (QED) is 0.431. The van der Waals surface area contributed by atoms with E-state index in [1.165, 1.54) is 10.8 Å². The largest absolute Gasteiger partial charge is 0.497 e. The van der Waals surface area contributed by atoms with Crippen molar-refractivity contribution >= 4 is 16.8 Å². The summed E-state index contributed by atoms with van der Waals surface area (Å²) in [5.74, 6) is 1.72. The van der Waals surface area contributed by atoms with Crippen LogP contribution < -0.4 is 9.47 Å². The van der Waals surface area contributed by atoms with Gasteiger partial charge in [-0.2, -0.15) is 0 Å². The molecule has 1 atom stereocenters. The third-order valence-electron chi connectivity index (χ3n) is 5.41. The molecule has 0 saturated carbocycles. The summed E-state index contributed by atoms with van der Waals surface area (Å²) >= 11 is 0. The molecular weight excluding hydrogens is 344 g/mol. The van der Waals surface area contributed by atoms with Crippen LogP contribution in [0, 0.1) is 0 Å². The SMILES string of the molecule is COc1ccc([C@]2(c3ccccc3)C=Cc3c(ccc4ccccc34)O2)cc1. The number of methoxy groups -OCH3 is 1. The smallest absolute Gasteiger partial charge is 0.178 e. The summed E-state index contributed by atoms with van der Waals surface area (Å²) in [5.41, 5.74) is 2.60. The molecule has 28 heavy (non-hydrogen) atoms. The summed E-state index contributed by atoms with van der Waals surface area (Å²) in [6, 6.07) is 31.1. The Hall–Kier alpha value is -3.52. The van der Waals surface area contributed by atoms with Crippen LogP contribution >= 0.6 is 0 Å². The van der Waals surface area contributed by atoms with E-state index in [2.05, 4.69) is 72.8 Å². The maximum Gasteiger partial charge on any atom is 0.178 e. The lowest BCUT2D eigenvalue weighted by Crippen LogP contribution is -2.34. The van der Waals surface area contributed by atoms with Crippen LogP contribution in [0.25, 0.3) is 16.8 Å². The van der Waals surface area contributed by atoms with Crippen molar-refractivity contribution in [3.8, 4) is 11.5 Å². The summed E-state index contributed by atoms with van der Waals surface area (Å²) in [4.78, 5) is 0. The Bertz CT molecular complexity index is 1160. The summed E-state index contributed by atoms with van der Waals surface area (Å²) in [7, 11) is 1.68. The van der Waals surface area contributed by atoms with E-state index in [-0.39, 0.29) is 0 Å². The molecule has 0 radical (unpaired) electrons. The van der Waals surface area contributed by atoms with E-state index in [9.17, 15) is 0 Å². The van der Waals surface area contributed by atoms with Crippen LogP contribution in [-0.4, -0.2) is 7.11 Å². The zero-order chi connectivity index (χ0) is 19.0. The molecule has 0 amide bonds. The van der Waals surface area contributed by atoms with Crippen molar-refractivity contribution in [1.29, 1.82) is 0 Å². The summed E-state index contributed by atoms with van der Waals surface area (Å²) in [5, 5.41) is 2.42. The highest BCUT2D eigenvalue weighted by atomic mass is 16.5. The van der Waals surface area contributed by atoms with Crippen LogP contribution in [0.4, 0.5) is 0 Å². The highest BCUT2D eigenvalue weighted by Gasteiger charge is 2.37. The highest BCUT2D eigenvalue weighted by Crippen LogP contribution is 2.44. The predicted octanol–water partition coefficient (Wildman–Crippen LogP) is 6.20. The Labute approximate surface area is 164 Å². The molecule has 0 unspecified atom stereocenters. The number of hydrogen-bond acceptors (Lipinski definition) is 2. The lowest BCUT2D eigenvalue weighted by molar-refractivity contribution is 0.161. The van der Waals surface area contributed by atoms with Gasteiger partial charge in [0.2, 0.25) is 0 Å². The van der Waals surface area contributed by atoms with Gasteiger partial charge in [-0.25, -0.2) is 0 Å². The van der Waals surface area contributed by atoms with Crippen molar-refractivity contribution in [3.05, 3.63) is 114 Å². The van der Waals surface area contributed by atoms with Crippen LogP contribution in [0.2, 0.25) is 0 Å². The number of ether oxygens (including phenoxy) is 2. The van der Waals surface area contributed by atoms with Crippen molar-refractivity contribution in [2.75, 3.05) is 7.11 Å². The molecule has 2 heteroatoms. The van der Waals surface area contributed by atoms with Crippen LogP contribution in [0.15, 0.2) is 97.1 Å². The van der Waals surface area contributed by atoms with Crippen molar-refractivity contribution in [3.63, 3.8) is 0 Å². The number of benzene rings is 4. The molecule has 1 aliphatic heterocycles. The summed E-state index contributed by atoms with van der Waals surface area (Å²) in [6.07, 6.45) is 4.36. The van der Waals surface area contributed by atoms with Gasteiger partial charge in [-0.05, 0) is 41.1 Å². The second kappa shape index (κ2) is 6.58. The van der Waals surface area contributed by atoms with E-state index in [4.69, 9.17) is 9.47 Å². The van der Waals surface area contributed by atoms with Crippen LogP contribution in [-0.2, 0) is 5.60 Å². The van der Waals surface area contributed by atoms with Gasteiger partial charge in [0.25, 0.3) is 0 Å². The lowest BCUT2D eigenvalue weighted by Gasteiger charge is -2.36. The Morgan fingerprint density at radius 3 is 2.21 bits per heavy atom. The first-order chi connectivity index (χ1) is 13.8. The Morgan fingerprint density at radius 1 is 0.714 bits per heavy atom. The van der Waals surface area contributed by atoms with Gasteiger partial charge in [-0.15, -0.1) is 0 Å². The molecule has 5 rings (SSSR count). The zero-order valence-corrected chi connectivity index (χ0v) is 15.6. The van der Waals surface area contributed by atoms with Crippen LogP contribution in [0.3, 0.4) is 0 Å². The second-order valence-corrected chi connectivity index (χ2v) is 6.96. The lowest BCUT2D eigenvalue weighted by atomic mass is 9.83. The minimum absolute atomic E-state index is 0.678. The average molecular weight is 364 g/mol. The number of hydrogen-bond donors (Lipinski definition) is 0. The fraction of sp³-hybridized carbons (Fsp3) is 0.0769. The summed E-state index contributed by atoms with van der Waals surface area (Å²) < 4.78 is 12.1. The first kappa shape index (κ1) is 16.6. The molecule has 0 bridgehead atoms. The predicted molar refractivity (Wildman–Crippen MR) is 114 cm³/mol. The zero-order valence-electron chi connectivity index (χ0n) is 15.6. The first-order valence-corrected chi connectivity index (χ1v) is 9.40. The molecule has 0 N–H and O–H groups in total. The molecule has 4 aromatic rings. The minimum atomic E-state index is -0.678. The van der Waals surface area contributed by atoms with Gasteiger partial charge < -0.3 is 9.47 Å². The Morgan fingerprint density at radius 2 is 1.43 bits per heavy atom. The van der Waals surface area contributed by atoms with Crippen molar-refractivity contribution in [2.24, 2.45) is 0 Å². The van der Waals surface area contributed by atoms with E-state index >= 15 is 0 Å². The monoisotopic (exact) mass is 364 g/mol. The molecule has 1 aliphatic rings.